The van der Waals surface area contributed by atoms with Crippen molar-refractivity contribution in [3.63, 3.8) is 0 Å². The lowest BCUT2D eigenvalue weighted by molar-refractivity contribution is 0.0940. The average Bonchev–Trinajstić information content (AvgIpc) is 3.14. The number of hydrogen-bond acceptors (Lipinski definition) is 6. The van der Waals surface area contributed by atoms with Gasteiger partial charge in [0.25, 0.3) is 11.7 Å². The second kappa shape index (κ2) is 7.43. The highest BCUT2D eigenvalue weighted by Crippen LogP contribution is 2.29. The zero-order valence-corrected chi connectivity index (χ0v) is 15.5. The first-order valence-corrected chi connectivity index (χ1v) is 8.75. The predicted octanol–water partition coefficient (Wildman–Crippen LogP) is 2.86. The molecule has 3 heterocycles. The molecular formula is C20H18N6O2. The monoisotopic (exact) mass is 374 g/mol. The summed E-state index contributed by atoms with van der Waals surface area (Å²) in [5.74, 6) is 1.24. The molecule has 140 valence electrons. The fourth-order valence-corrected chi connectivity index (χ4v) is 2.79. The number of nitrogens with zero attached hydrogens (tertiary/aromatic N) is 5. The maximum Gasteiger partial charge on any atom is 0.291 e. The van der Waals surface area contributed by atoms with Gasteiger partial charge in [-0.25, -0.2) is 14.5 Å². The van der Waals surface area contributed by atoms with Crippen LogP contribution in [0.15, 0.2) is 55.0 Å². The van der Waals surface area contributed by atoms with Crippen molar-refractivity contribution in [2.24, 2.45) is 0 Å². The number of fused-ring (bicyclic) bond motifs is 1. The first-order chi connectivity index (χ1) is 13.6. The molecule has 3 aromatic heterocycles. The second-order valence-corrected chi connectivity index (χ2v) is 6.27. The Morgan fingerprint density at radius 1 is 1.07 bits per heavy atom. The third-order valence-corrected chi connectivity index (χ3v) is 4.22. The summed E-state index contributed by atoms with van der Waals surface area (Å²) in [4.78, 5) is 24.9. The molecule has 0 atom stereocenters. The number of amides is 1. The summed E-state index contributed by atoms with van der Waals surface area (Å²) >= 11 is 0. The molecule has 1 N–H and O–H groups in total. The van der Waals surface area contributed by atoms with Gasteiger partial charge >= 0.3 is 0 Å². The summed E-state index contributed by atoms with van der Waals surface area (Å²) in [5, 5.41) is 6.93. The molecule has 0 fully saturated rings. The van der Waals surface area contributed by atoms with E-state index in [1.807, 2.05) is 38.1 Å². The number of carbonyl (C=O) groups is 1. The summed E-state index contributed by atoms with van der Waals surface area (Å²) < 4.78 is 7.50. The van der Waals surface area contributed by atoms with Crippen LogP contribution < -0.4 is 10.1 Å². The number of rotatable bonds is 5. The summed E-state index contributed by atoms with van der Waals surface area (Å²) in [6.07, 6.45) is 4.94. The average molecular weight is 374 g/mol. The summed E-state index contributed by atoms with van der Waals surface area (Å²) in [7, 11) is 0. The summed E-state index contributed by atoms with van der Waals surface area (Å²) in [5.41, 5.74) is 2.78. The van der Waals surface area contributed by atoms with Crippen molar-refractivity contribution in [1.82, 2.24) is 29.9 Å². The van der Waals surface area contributed by atoms with Crippen molar-refractivity contribution in [3.8, 4) is 11.6 Å². The molecule has 4 aromatic rings. The van der Waals surface area contributed by atoms with Gasteiger partial charge in [0.1, 0.15) is 5.75 Å². The third-order valence-electron chi connectivity index (χ3n) is 4.22. The van der Waals surface area contributed by atoms with E-state index >= 15 is 0 Å². The number of carbonyl (C=O) groups excluding carboxylic acids is 1. The smallest absolute Gasteiger partial charge is 0.291 e. The minimum atomic E-state index is -0.396. The van der Waals surface area contributed by atoms with E-state index in [0.717, 1.165) is 22.4 Å². The zero-order valence-electron chi connectivity index (χ0n) is 15.5. The standard InChI is InChI=1S/C20H18N6O2/c1-13-6-3-7-14(2)16(13)28-19-15(8-4-9-21-19)12-23-18(27)17-24-20-22-10-5-11-26(20)25-17/h3-11H,12H2,1-2H3,(H,23,27). The maximum absolute atomic E-state index is 12.4. The Kier molecular flexibility index (Phi) is 4.67. The van der Waals surface area contributed by atoms with Crippen molar-refractivity contribution in [1.29, 1.82) is 0 Å². The largest absolute Gasteiger partial charge is 0.438 e. The van der Waals surface area contributed by atoms with Crippen LogP contribution in [0.2, 0.25) is 0 Å². The van der Waals surface area contributed by atoms with Gasteiger partial charge in [-0.15, -0.1) is 5.10 Å². The normalized spacial score (nSPS) is 10.8. The molecule has 8 nitrogen and oxygen atoms in total. The highest BCUT2D eigenvalue weighted by Gasteiger charge is 2.15. The second-order valence-electron chi connectivity index (χ2n) is 6.27. The summed E-state index contributed by atoms with van der Waals surface area (Å²) in [6, 6.07) is 11.3. The lowest BCUT2D eigenvalue weighted by Crippen LogP contribution is -2.24. The van der Waals surface area contributed by atoms with Gasteiger partial charge < -0.3 is 10.1 Å². The fourth-order valence-electron chi connectivity index (χ4n) is 2.79. The van der Waals surface area contributed by atoms with E-state index < -0.39 is 5.91 Å². The van der Waals surface area contributed by atoms with Crippen LogP contribution in [0.3, 0.4) is 0 Å². The third kappa shape index (κ3) is 3.52. The van der Waals surface area contributed by atoms with E-state index in [1.165, 1.54) is 4.52 Å². The fraction of sp³-hybridized carbons (Fsp3) is 0.150. The zero-order chi connectivity index (χ0) is 19.5. The molecule has 0 unspecified atom stereocenters. The Morgan fingerprint density at radius 2 is 1.86 bits per heavy atom. The molecule has 28 heavy (non-hydrogen) atoms. The van der Waals surface area contributed by atoms with Crippen LogP contribution in [0.1, 0.15) is 27.3 Å². The van der Waals surface area contributed by atoms with Crippen LogP contribution in [-0.4, -0.2) is 30.5 Å². The SMILES string of the molecule is Cc1cccc(C)c1Oc1ncccc1CNC(=O)c1nc2ncccn2n1. The number of para-hydroxylation sites is 1. The molecule has 0 saturated heterocycles. The van der Waals surface area contributed by atoms with Gasteiger partial charge in [-0.1, -0.05) is 24.3 Å². The van der Waals surface area contributed by atoms with Crippen LogP contribution in [0.4, 0.5) is 0 Å². The van der Waals surface area contributed by atoms with Gasteiger partial charge in [0, 0.05) is 30.7 Å². The molecule has 8 heteroatoms. The molecule has 4 rings (SSSR count). The summed E-state index contributed by atoms with van der Waals surface area (Å²) in [6.45, 7) is 4.20. The number of aromatic nitrogens is 5. The first kappa shape index (κ1) is 17.6. The number of hydrogen-bond donors (Lipinski definition) is 1. The molecule has 1 amide bonds. The van der Waals surface area contributed by atoms with Gasteiger partial charge in [-0.05, 0) is 37.1 Å². The molecule has 0 saturated carbocycles. The van der Waals surface area contributed by atoms with Crippen molar-refractivity contribution in [2.45, 2.75) is 20.4 Å². The molecule has 0 bridgehead atoms. The van der Waals surface area contributed by atoms with Gasteiger partial charge in [-0.3, -0.25) is 4.79 Å². The molecule has 0 spiro atoms. The number of pyridine rings is 1. The van der Waals surface area contributed by atoms with Gasteiger partial charge in [-0.2, -0.15) is 4.98 Å². The number of benzene rings is 1. The molecule has 0 aliphatic heterocycles. The maximum atomic E-state index is 12.4. The van der Waals surface area contributed by atoms with Gasteiger partial charge in [0.05, 0.1) is 0 Å². The Bertz CT molecular complexity index is 1100. The van der Waals surface area contributed by atoms with Crippen LogP contribution in [0.5, 0.6) is 11.6 Å². The molecule has 1 aromatic carbocycles. The van der Waals surface area contributed by atoms with Crippen molar-refractivity contribution < 1.29 is 9.53 Å². The molecule has 0 radical (unpaired) electrons. The Hall–Kier alpha value is -3.81. The molecule has 0 aliphatic carbocycles. The van der Waals surface area contributed by atoms with E-state index in [2.05, 4.69) is 25.4 Å². The van der Waals surface area contributed by atoms with Crippen molar-refractivity contribution in [2.75, 3.05) is 0 Å². The van der Waals surface area contributed by atoms with Crippen molar-refractivity contribution >= 4 is 11.7 Å². The number of nitrogens with one attached hydrogen (secondary N) is 1. The van der Waals surface area contributed by atoms with Crippen LogP contribution in [0.25, 0.3) is 5.78 Å². The van der Waals surface area contributed by atoms with Crippen LogP contribution in [-0.2, 0) is 6.54 Å². The van der Waals surface area contributed by atoms with E-state index in [0.29, 0.717) is 11.7 Å². The van der Waals surface area contributed by atoms with Crippen LogP contribution in [0, 0.1) is 13.8 Å². The van der Waals surface area contributed by atoms with Crippen molar-refractivity contribution in [3.05, 3.63) is 77.5 Å². The molecule has 0 aliphatic rings. The van der Waals surface area contributed by atoms with E-state index in [9.17, 15) is 4.79 Å². The van der Waals surface area contributed by atoms with E-state index in [-0.39, 0.29) is 12.4 Å². The highest BCUT2D eigenvalue weighted by molar-refractivity contribution is 5.90. The Morgan fingerprint density at radius 3 is 2.64 bits per heavy atom. The van der Waals surface area contributed by atoms with Gasteiger partial charge in [0.15, 0.2) is 0 Å². The Labute approximate surface area is 161 Å². The van der Waals surface area contributed by atoms with Crippen LogP contribution >= 0.6 is 0 Å². The quantitative estimate of drug-likeness (QED) is 0.577. The minimum Gasteiger partial charge on any atom is -0.438 e. The minimum absolute atomic E-state index is 0.0554. The van der Waals surface area contributed by atoms with E-state index in [1.54, 1.807) is 30.7 Å². The first-order valence-electron chi connectivity index (χ1n) is 8.75. The Balaban J connectivity index is 1.51. The lowest BCUT2D eigenvalue weighted by atomic mass is 10.1. The number of ether oxygens (including phenoxy) is 1. The topological polar surface area (TPSA) is 94.3 Å². The highest BCUT2D eigenvalue weighted by atomic mass is 16.5. The predicted molar refractivity (Wildman–Crippen MR) is 102 cm³/mol. The number of aryl methyl sites for hydroxylation is 2. The van der Waals surface area contributed by atoms with E-state index in [4.69, 9.17) is 4.74 Å². The van der Waals surface area contributed by atoms with Gasteiger partial charge in [0.2, 0.25) is 11.7 Å². The molecular weight excluding hydrogens is 356 g/mol. The lowest BCUT2D eigenvalue weighted by Gasteiger charge is -2.13.